The van der Waals surface area contributed by atoms with Crippen LogP contribution in [0.25, 0.3) is 0 Å². The third-order valence-electron chi connectivity index (χ3n) is 3.22. The lowest BCUT2D eigenvalue weighted by Crippen LogP contribution is -2.14. The smallest absolute Gasteiger partial charge is 0.0939 e. The van der Waals surface area contributed by atoms with Gasteiger partial charge in [-0.15, -0.1) is 0 Å². The van der Waals surface area contributed by atoms with Gasteiger partial charge in [-0.05, 0) is 37.5 Å². The second kappa shape index (κ2) is 9.09. The van der Waals surface area contributed by atoms with Gasteiger partial charge in [-0.1, -0.05) is 18.2 Å². The highest BCUT2D eigenvalue weighted by molar-refractivity contribution is 5.31. The molecule has 0 spiro atoms. The van der Waals surface area contributed by atoms with Crippen LogP contribution in [0.15, 0.2) is 18.2 Å². The van der Waals surface area contributed by atoms with Crippen LogP contribution in [0.4, 0.5) is 0 Å². The minimum absolute atomic E-state index is 0.314. The molecule has 0 aliphatic heterocycles. The van der Waals surface area contributed by atoms with Crippen LogP contribution in [0, 0.1) is 0 Å². The van der Waals surface area contributed by atoms with Crippen LogP contribution in [0.2, 0.25) is 0 Å². The minimum Gasteiger partial charge on any atom is -0.252 e. The van der Waals surface area contributed by atoms with Crippen LogP contribution in [0.3, 0.4) is 0 Å². The molecule has 3 N–H and O–H groups in total. The van der Waals surface area contributed by atoms with Gasteiger partial charge in [0.15, 0.2) is 0 Å². The first-order valence-electron chi connectivity index (χ1n) is 7.00. The summed E-state index contributed by atoms with van der Waals surface area (Å²) in [5, 5.41) is 26.1. The molecule has 0 saturated carbocycles. The quantitative estimate of drug-likeness (QED) is 0.480. The summed E-state index contributed by atoms with van der Waals surface area (Å²) in [5.41, 5.74) is 3.00. The van der Waals surface area contributed by atoms with Gasteiger partial charge in [-0.25, -0.2) is 14.7 Å². The Labute approximate surface area is 124 Å². The summed E-state index contributed by atoms with van der Waals surface area (Å²) in [5.74, 6) is 0. The molecule has 0 radical (unpaired) electrons. The van der Waals surface area contributed by atoms with Crippen molar-refractivity contribution in [3.8, 4) is 0 Å². The lowest BCUT2D eigenvalue weighted by molar-refractivity contribution is -0.273. The van der Waals surface area contributed by atoms with E-state index in [0.717, 1.165) is 16.7 Å². The van der Waals surface area contributed by atoms with Crippen molar-refractivity contribution in [2.45, 2.75) is 58.3 Å². The molecule has 6 heteroatoms. The summed E-state index contributed by atoms with van der Waals surface area (Å²) in [6.45, 7) is 5.31. The van der Waals surface area contributed by atoms with E-state index in [0.29, 0.717) is 19.3 Å². The molecular formula is C15H24O6. The third-order valence-corrected chi connectivity index (χ3v) is 3.22. The van der Waals surface area contributed by atoms with E-state index in [1.54, 1.807) is 20.8 Å². The molecular weight excluding hydrogens is 276 g/mol. The van der Waals surface area contributed by atoms with E-state index in [1.807, 2.05) is 18.2 Å². The zero-order valence-electron chi connectivity index (χ0n) is 12.7. The molecule has 0 aliphatic rings. The molecule has 3 atom stereocenters. The predicted molar refractivity (Wildman–Crippen MR) is 77.1 cm³/mol. The van der Waals surface area contributed by atoms with Gasteiger partial charge < -0.3 is 0 Å². The van der Waals surface area contributed by atoms with Crippen molar-refractivity contribution < 1.29 is 30.4 Å². The Morgan fingerprint density at radius 2 is 0.905 bits per heavy atom. The summed E-state index contributed by atoms with van der Waals surface area (Å²) in [6, 6.07) is 5.96. The summed E-state index contributed by atoms with van der Waals surface area (Å²) < 4.78 is 0. The van der Waals surface area contributed by atoms with Gasteiger partial charge in [0.2, 0.25) is 0 Å². The van der Waals surface area contributed by atoms with E-state index in [-0.39, 0.29) is 18.3 Å². The van der Waals surface area contributed by atoms with Crippen molar-refractivity contribution in [2.75, 3.05) is 0 Å². The van der Waals surface area contributed by atoms with Crippen LogP contribution < -0.4 is 0 Å². The molecule has 0 bridgehead atoms. The zero-order chi connectivity index (χ0) is 15.8. The molecule has 1 aromatic rings. The SMILES string of the molecule is CC(Cc1cc(CC(C)OO)cc(CC(C)OO)c1)OO. The van der Waals surface area contributed by atoms with Crippen LogP contribution in [-0.2, 0) is 33.9 Å². The summed E-state index contributed by atoms with van der Waals surface area (Å²) in [4.78, 5) is 12.9. The molecule has 6 nitrogen and oxygen atoms in total. The molecule has 21 heavy (non-hydrogen) atoms. The highest BCUT2D eigenvalue weighted by Crippen LogP contribution is 2.17. The van der Waals surface area contributed by atoms with E-state index >= 15 is 0 Å². The first-order valence-corrected chi connectivity index (χ1v) is 7.00. The fraction of sp³-hybridized carbons (Fsp3) is 0.600. The Balaban J connectivity index is 2.95. The average Bonchev–Trinajstić information content (AvgIpc) is 2.46. The van der Waals surface area contributed by atoms with Gasteiger partial charge in [0.1, 0.15) is 0 Å². The minimum atomic E-state index is -0.314. The van der Waals surface area contributed by atoms with Crippen molar-refractivity contribution in [3.63, 3.8) is 0 Å². The maximum Gasteiger partial charge on any atom is 0.0939 e. The first kappa shape index (κ1) is 18.0. The predicted octanol–water partition coefficient (Wildman–Crippen LogP) is 2.95. The van der Waals surface area contributed by atoms with Crippen LogP contribution in [0.5, 0.6) is 0 Å². The summed E-state index contributed by atoms with van der Waals surface area (Å²) in [6.07, 6.45) is 0.726. The summed E-state index contributed by atoms with van der Waals surface area (Å²) >= 11 is 0. The fourth-order valence-corrected chi connectivity index (χ4v) is 2.30. The van der Waals surface area contributed by atoms with Crippen molar-refractivity contribution in [2.24, 2.45) is 0 Å². The lowest BCUT2D eigenvalue weighted by atomic mass is 9.96. The van der Waals surface area contributed by atoms with Gasteiger partial charge in [0, 0.05) is 19.3 Å². The van der Waals surface area contributed by atoms with Gasteiger partial charge >= 0.3 is 0 Å². The Morgan fingerprint density at radius 1 is 0.667 bits per heavy atom. The van der Waals surface area contributed by atoms with E-state index < -0.39 is 0 Å². The van der Waals surface area contributed by atoms with Gasteiger partial charge in [-0.2, -0.15) is 0 Å². The van der Waals surface area contributed by atoms with Gasteiger partial charge in [0.25, 0.3) is 0 Å². The molecule has 120 valence electrons. The number of hydrogen-bond donors (Lipinski definition) is 3. The molecule has 0 fully saturated rings. The molecule has 0 heterocycles. The largest absolute Gasteiger partial charge is 0.252 e. The molecule has 0 saturated heterocycles. The van der Waals surface area contributed by atoms with Crippen LogP contribution in [0.1, 0.15) is 37.5 Å². The van der Waals surface area contributed by atoms with E-state index in [4.69, 9.17) is 15.8 Å². The average molecular weight is 300 g/mol. The standard InChI is InChI=1S/C15H24O6/c1-10(19-16)4-13-7-14(5-11(2)20-17)9-15(8-13)6-12(3)21-18/h7-12,16-18H,4-6H2,1-3H3. The second-order valence-corrected chi connectivity index (χ2v) is 5.52. The van der Waals surface area contributed by atoms with Crippen molar-refractivity contribution in [1.29, 1.82) is 0 Å². The Morgan fingerprint density at radius 3 is 1.10 bits per heavy atom. The first-order chi connectivity index (χ1) is 9.98. The fourth-order valence-electron chi connectivity index (χ4n) is 2.30. The van der Waals surface area contributed by atoms with Crippen molar-refractivity contribution in [1.82, 2.24) is 0 Å². The van der Waals surface area contributed by atoms with E-state index in [2.05, 4.69) is 14.7 Å². The Hall–Kier alpha value is -1.02. The number of benzene rings is 1. The van der Waals surface area contributed by atoms with Crippen molar-refractivity contribution >= 4 is 0 Å². The van der Waals surface area contributed by atoms with Crippen LogP contribution in [-0.4, -0.2) is 34.1 Å². The molecule has 1 rings (SSSR count). The Bertz CT molecular complexity index is 348. The monoisotopic (exact) mass is 300 g/mol. The third kappa shape index (κ3) is 6.52. The van der Waals surface area contributed by atoms with Crippen LogP contribution >= 0.6 is 0 Å². The maximum absolute atomic E-state index is 8.70. The maximum atomic E-state index is 8.70. The van der Waals surface area contributed by atoms with E-state index in [1.165, 1.54) is 0 Å². The highest BCUT2D eigenvalue weighted by atomic mass is 17.1. The molecule has 0 aliphatic carbocycles. The number of rotatable bonds is 9. The molecule has 0 amide bonds. The Kier molecular flexibility index (Phi) is 7.81. The molecule has 3 unspecified atom stereocenters. The topological polar surface area (TPSA) is 88.4 Å². The summed E-state index contributed by atoms with van der Waals surface area (Å²) in [7, 11) is 0. The van der Waals surface area contributed by atoms with Crippen molar-refractivity contribution in [3.05, 3.63) is 34.9 Å². The lowest BCUT2D eigenvalue weighted by Gasteiger charge is -2.15. The second-order valence-electron chi connectivity index (χ2n) is 5.52. The highest BCUT2D eigenvalue weighted by Gasteiger charge is 2.11. The number of hydrogen-bond acceptors (Lipinski definition) is 6. The van der Waals surface area contributed by atoms with E-state index in [9.17, 15) is 0 Å². The zero-order valence-corrected chi connectivity index (χ0v) is 12.7. The van der Waals surface area contributed by atoms with Gasteiger partial charge in [0.05, 0.1) is 18.3 Å². The molecule has 0 aromatic heterocycles. The molecule has 1 aromatic carbocycles. The normalized spacial score (nSPS) is 15.7. The van der Waals surface area contributed by atoms with Gasteiger partial charge in [-0.3, -0.25) is 15.8 Å².